The lowest BCUT2D eigenvalue weighted by Gasteiger charge is -2.11. The minimum Gasteiger partial charge on any atom is -0.493 e. The van der Waals surface area contributed by atoms with Gasteiger partial charge in [0.05, 0.1) is 12.2 Å². The Morgan fingerprint density at radius 1 is 1.15 bits per heavy atom. The molecule has 3 nitrogen and oxygen atoms in total. The lowest BCUT2D eigenvalue weighted by atomic mass is 10.0. The van der Waals surface area contributed by atoms with Crippen molar-refractivity contribution in [3.05, 3.63) is 56.5 Å². The van der Waals surface area contributed by atoms with Crippen molar-refractivity contribution >= 4 is 43.3 Å². The van der Waals surface area contributed by atoms with Crippen LogP contribution in [0.25, 0.3) is 0 Å². The fourth-order valence-corrected chi connectivity index (χ4v) is 2.61. The Morgan fingerprint density at radius 2 is 1.90 bits per heavy atom. The number of carbonyl (C=O) groups excluding carboxylic acids is 1. The minimum atomic E-state index is -0.131. The zero-order valence-corrected chi connectivity index (χ0v) is 14.0. The number of ketones is 1. The third kappa shape index (κ3) is 3.22. The first-order chi connectivity index (χ1) is 9.52. The number of hydrogen-bond acceptors (Lipinski definition) is 3. The number of rotatable bonds is 4. The van der Waals surface area contributed by atoms with E-state index in [0.29, 0.717) is 33.6 Å². The molecule has 0 atom stereocenters. The zero-order chi connectivity index (χ0) is 14.7. The molecule has 0 aliphatic heterocycles. The Labute approximate surface area is 134 Å². The average molecular weight is 399 g/mol. The molecule has 0 saturated carbocycles. The first-order valence-corrected chi connectivity index (χ1v) is 7.63. The third-order valence-corrected chi connectivity index (χ3v) is 3.91. The number of anilines is 1. The standard InChI is InChI=1S/C15H13Br2NO2/c1-2-20-14-6-3-9(16)7-12(14)15(19)11-8-10(18)4-5-13(11)17/h3-8H,2,18H2,1H3. The number of benzene rings is 2. The Balaban J connectivity index is 2.52. The highest BCUT2D eigenvalue weighted by Gasteiger charge is 2.18. The quantitative estimate of drug-likeness (QED) is 0.612. The second-order valence-corrected chi connectivity index (χ2v) is 5.91. The lowest BCUT2D eigenvalue weighted by Crippen LogP contribution is -2.07. The Kier molecular flexibility index (Phi) is 4.83. The van der Waals surface area contributed by atoms with Crippen molar-refractivity contribution in [1.82, 2.24) is 0 Å². The molecule has 0 saturated heterocycles. The SMILES string of the molecule is CCOc1ccc(Br)cc1C(=O)c1cc(N)ccc1Br. The van der Waals surface area contributed by atoms with E-state index in [1.165, 1.54) is 0 Å². The Morgan fingerprint density at radius 3 is 2.60 bits per heavy atom. The first-order valence-electron chi connectivity index (χ1n) is 6.05. The van der Waals surface area contributed by atoms with Gasteiger partial charge < -0.3 is 10.5 Å². The molecule has 0 aliphatic rings. The molecule has 0 unspecified atom stereocenters. The maximum absolute atomic E-state index is 12.7. The van der Waals surface area contributed by atoms with E-state index >= 15 is 0 Å². The number of nitrogens with two attached hydrogens (primary N) is 1. The summed E-state index contributed by atoms with van der Waals surface area (Å²) < 4.78 is 7.05. The van der Waals surface area contributed by atoms with Gasteiger partial charge in [0.2, 0.25) is 0 Å². The van der Waals surface area contributed by atoms with Crippen LogP contribution in [0.3, 0.4) is 0 Å². The van der Waals surface area contributed by atoms with Crippen LogP contribution >= 0.6 is 31.9 Å². The molecule has 0 aromatic heterocycles. The van der Waals surface area contributed by atoms with E-state index in [-0.39, 0.29) is 5.78 Å². The van der Waals surface area contributed by atoms with Crippen LogP contribution in [-0.4, -0.2) is 12.4 Å². The van der Waals surface area contributed by atoms with Gasteiger partial charge in [0.15, 0.2) is 5.78 Å². The predicted molar refractivity (Wildman–Crippen MR) is 87.3 cm³/mol. The summed E-state index contributed by atoms with van der Waals surface area (Å²) in [7, 11) is 0. The smallest absolute Gasteiger partial charge is 0.198 e. The zero-order valence-electron chi connectivity index (χ0n) is 10.8. The average Bonchev–Trinajstić information content (AvgIpc) is 2.43. The molecule has 2 N–H and O–H groups in total. The summed E-state index contributed by atoms with van der Waals surface area (Å²) in [6, 6.07) is 10.5. The molecule has 104 valence electrons. The van der Waals surface area contributed by atoms with Crippen LogP contribution < -0.4 is 10.5 Å². The van der Waals surface area contributed by atoms with Gasteiger partial charge in [0.1, 0.15) is 5.75 Å². The molecular weight excluding hydrogens is 386 g/mol. The second kappa shape index (κ2) is 6.41. The summed E-state index contributed by atoms with van der Waals surface area (Å²) in [6.07, 6.45) is 0. The van der Waals surface area contributed by atoms with Gasteiger partial charge in [-0.05, 0) is 43.3 Å². The number of ether oxygens (including phenoxy) is 1. The van der Waals surface area contributed by atoms with Crippen molar-refractivity contribution in [3.8, 4) is 5.75 Å². The van der Waals surface area contributed by atoms with Crippen LogP contribution in [0.1, 0.15) is 22.8 Å². The molecule has 0 amide bonds. The maximum Gasteiger partial charge on any atom is 0.198 e. The molecule has 0 fully saturated rings. The summed E-state index contributed by atoms with van der Waals surface area (Å²) in [5.74, 6) is 0.434. The van der Waals surface area contributed by atoms with E-state index in [4.69, 9.17) is 10.5 Å². The van der Waals surface area contributed by atoms with Crippen molar-refractivity contribution < 1.29 is 9.53 Å². The van der Waals surface area contributed by atoms with Gasteiger partial charge in [-0.15, -0.1) is 0 Å². The van der Waals surface area contributed by atoms with Gasteiger partial charge in [0, 0.05) is 20.2 Å². The topological polar surface area (TPSA) is 52.3 Å². The van der Waals surface area contributed by atoms with E-state index in [2.05, 4.69) is 31.9 Å². The van der Waals surface area contributed by atoms with Crippen LogP contribution in [0.15, 0.2) is 45.3 Å². The molecule has 0 aliphatic carbocycles. The van der Waals surface area contributed by atoms with Gasteiger partial charge in [-0.2, -0.15) is 0 Å². The largest absolute Gasteiger partial charge is 0.493 e. The third-order valence-electron chi connectivity index (χ3n) is 2.72. The molecule has 0 spiro atoms. The predicted octanol–water partition coefficient (Wildman–Crippen LogP) is 4.42. The van der Waals surface area contributed by atoms with Crippen LogP contribution in [0.2, 0.25) is 0 Å². The molecule has 2 aromatic carbocycles. The van der Waals surface area contributed by atoms with Crippen LogP contribution in [0, 0.1) is 0 Å². The van der Waals surface area contributed by atoms with Crippen molar-refractivity contribution in [2.45, 2.75) is 6.92 Å². The number of halogens is 2. The van der Waals surface area contributed by atoms with Crippen molar-refractivity contribution in [3.63, 3.8) is 0 Å². The summed E-state index contributed by atoms with van der Waals surface area (Å²) in [4.78, 5) is 12.7. The highest BCUT2D eigenvalue weighted by Crippen LogP contribution is 2.29. The summed E-state index contributed by atoms with van der Waals surface area (Å²) in [6.45, 7) is 2.38. The minimum absolute atomic E-state index is 0.131. The van der Waals surface area contributed by atoms with Gasteiger partial charge in [-0.1, -0.05) is 31.9 Å². The second-order valence-electron chi connectivity index (χ2n) is 4.14. The highest BCUT2D eigenvalue weighted by atomic mass is 79.9. The number of nitrogen functional groups attached to an aromatic ring is 1. The van der Waals surface area contributed by atoms with Crippen LogP contribution in [-0.2, 0) is 0 Å². The van der Waals surface area contributed by atoms with Crippen molar-refractivity contribution in [1.29, 1.82) is 0 Å². The van der Waals surface area contributed by atoms with E-state index in [9.17, 15) is 4.79 Å². The Bertz CT molecular complexity index is 656. The molecule has 2 aromatic rings. The molecular formula is C15H13Br2NO2. The van der Waals surface area contributed by atoms with Gasteiger partial charge in [0.25, 0.3) is 0 Å². The fourth-order valence-electron chi connectivity index (χ4n) is 1.82. The maximum atomic E-state index is 12.7. The van der Waals surface area contributed by atoms with Gasteiger partial charge >= 0.3 is 0 Å². The van der Waals surface area contributed by atoms with Crippen molar-refractivity contribution in [2.24, 2.45) is 0 Å². The Hall–Kier alpha value is -1.33. The normalized spacial score (nSPS) is 10.3. The van der Waals surface area contributed by atoms with Gasteiger partial charge in [-0.25, -0.2) is 0 Å². The molecule has 5 heteroatoms. The lowest BCUT2D eigenvalue weighted by molar-refractivity contribution is 0.103. The summed E-state index contributed by atoms with van der Waals surface area (Å²) in [5, 5.41) is 0. The monoisotopic (exact) mass is 397 g/mol. The summed E-state index contributed by atoms with van der Waals surface area (Å²) >= 11 is 6.76. The van der Waals surface area contributed by atoms with E-state index < -0.39 is 0 Å². The number of hydrogen-bond donors (Lipinski definition) is 1. The van der Waals surface area contributed by atoms with Gasteiger partial charge in [-0.3, -0.25) is 4.79 Å². The first kappa shape index (κ1) is 15.1. The van der Waals surface area contributed by atoms with E-state index in [0.717, 1.165) is 4.47 Å². The molecule has 0 bridgehead atoms. The fraction of sp³-hybridized carbons (Fsp3) is 0.133. The molecule has 0 radical (unpaired) electrons. The summed E-state index contributed by atoms with van der Waals surface area (Å²) in [5.41, 5.74) is 7.33. The molecule has 2 rings (SSSR count). The highest BCUT2D eigenvalue weighted by molar-refractivity contribution is 9.10. The van der Waals surface area contributed by atoms with Crippen LogP contribution in [0.4, 0.5) is 5.69 Å². The molecule has 20 heavy (non-hydrogen) atoms. The van der Waals surface area contributed by atoms with E-state index in [1.54, 1.807) is 30.3 Å². The van der Waals surface area contributed by atoms with E-state index in [1.807, 2.05) is 13.0 Å². The van der Waals surface area contributed by atoms with Crippen molar-refractivity contribution in [2.75, 3.05) is 12.3 Å². The number of carbonyl (C=O) groups is 1. The molecule has 0 heterocycles. The van der Waals surface area contributed by atoms with Crippen LogP contribution in [0.5, 0.6) is 5.75 Å².